The molecule has 1 aromatic carbocycles. The molecule has 4 amide bonds. The topological polar surface area (TPSA) is 132 Å². The van der Waals surface area contributed by atoms with Crippen LogP contribution in [0.2, 0.25) is 0 Å². The van der Waals surface area contributed by atoms with E-state index in [4.69, 9.17) is 10.1 Å². The van der Waals surface area contributed by atoms with Crippen molar-refractivity contribution in [2.24, 2.45) is 5.92 Å². The van der Waals surface area contributed by atoms with Crippen molar-refractivity contribution in [2.75, 3.05) is 39.9 Å². The Balaban J connectivity index is 1.56. The Morgan fingerprint density at radius 2 is 1.89 bits per heavy atom. The lowest BCUT2D eigenvalue weighted by atomic mass is 10.0. The summed E-state index contributed by atoms with van der Waals surface area (Å²) in [6.45, 7) is 1.78. The fraction of sp³-hybridized carbons (Fsp3) is 0.500. The fourth-order valence-electron chi connectivity index (χ4n) is 3.91. The van der Waals surface area contributed by atoms with Gasteiger partial charge in [-0.05, 0) is 25.0 Å². The van der Waals surface area contributed by atoms with Crippen molar-refractivity contribution in [3.8, 4) is 0 Å². The molecular formula is C22H26F3N5O5. The second-order valence-electron chi connectivity index (χ2n) is 8.31. The molecule has 2 aliphatic heterocycles. The molecule has 0 bridgehead atoms. The van der Waals surface area contributed by atoms with E-state index in [1.54, 1.807) is 11.9 Å². The second-order valence-corrected chi connectivity index (χ2v) is 8.31. The molecule has 2 heterocycles. The summed E-state index contributed by atoms with van der Waals surface area (Å²) in [5, 5.41) is 11.7. The third kappa shape index (κ3) is 6.35. The third-order valence-corrected chi connectivity index (χ3v) is 5.92. The molecule has 3 N–H and O–H groups in total. The molecule has 0 radical (unpaired) electrons. The minimum Gasteiger partial charge on any atom is -0.377 e. The summed E-state index contributed by atoms with van der Waals surface area (Å²) in [5.74, 6) is -4.58. The van der Waals surface area contributed by atoms with Crippen LogP contribution in [0.5, 0.6) is 0 Å². The Hall–Kier alpha value is -3.48. The van der Waals surface area contributed by atoms with Gasteiger partial charge in [-0.3, -0.25) is 24.6 Å². The van der Waals surface area contributed by atoms with E-state index >= 15 is 0 Å². The van der Waals surface area contributed by atoms with Gasteiger partial charge in [0.2, 0.25) is 11.8 Å². The maximum atomic E-state index is 12.9. The highest BCUT2D eigenvalue weighted by Crippen LogP contribution is 2.20. The van der Waals surface area contributed by atoms with Crippen LogP contribution in [0.1, 0.15) is 28.8 Å². The number of amides is 4. The van der Waals surface area contributed by atoms with Gasteiger partial charge in [-0.25, -0.2) is 0 Å². The second kappa shape index (κ2) is 10.8. The van der Waals surface area contributed by atoms with Gasteiger partial charge in [-0.1, -0.05) is 12.1 Å². The summed E-state index contributed by atoms with van der Waals surface area (Å²) in [6, 6.07) is 4.94. The standard InChI is InChI=1S/C22H26F3N5O5/c1-29(9-7-15-12-35-11-10-30(15)20(33)16-6-8-27-18(16)31)19(32)14-4-2-13(3-5-14)17(26)28-21(34)22(23,24)25/h2-5,15-16H,6-12H2,1H3,(H,27,31)(H2,26,28,34). The molecule has 10 nitrogen and oxygen atoms in total. The van der Waals surface area contributed by atoms with Crippen LogP contribution in [0, 0.1) is 11.3 Å². The van der Waals surface area contributed by atoms with Gasteiger partial charge >= 0.3 is 12.1 Å². The van der Waals surface area contributed by atoms with Gasteiger partial charge in [0.25, 0.3) is 5.91 Å². The number of hydrogen-bond donors (Lipinski definition) is 3. The van der Waals surface area contributed by atoms with Crippen LogP contribution in [-0.4, -0.2) is 91.4 Å². The summed E-state index contributed by atoms with van der Waals surface area (Å²) in [5.41, 5.74) is 0.243. The first-order valence-corrected chi connectivity index (χ1v) is 11.0. The number of carbonyl (C=O) groups excluding carboxylic acids is 4. The summed E-state index contributed by atoms with van der Waals surface area (Å²) < 4.78 is 42.5. The minimum absolute atomic E-state index is 0.00580. The number of rotatable bonds is 6. The van der Waals surface area contributed by atoms with E-state index in [0.29, 0.717) is 39.1 Å². The number of carbonyl (C=O) groups is 4. The van der Waals surface area contributed by atoms with Gasteiger partial charge in [0.05, 0.1) is 19.3 Å². The van der Waals surface area contributed by atoms with Gasteiger partial charge in [0.15, 0.2) is 0 Å². The first-order valence-electron chi connectivity index (χ1n) is 11.0. The van der Waals surface area contributed by atoms with E-state index in [2.05, 4.69) is 5.32 Å². The molecule has 2 aliphatic rings. The van der Waals surface area contributed by atoms with E-state index in [1.165, 1.54) is 34.5 Å². The number of morpholine rings is 1. The number of benzene rings is 1. The zero-order chi connectivity index (χ0) is 25.8. The normalized spacial score (nSPS) is 20.2. The Bertz CT molecular complexity index is 998. The maximum absolute atomic E-state index is 12.9. The first-order chi connectivity index (χ1) is 16.5. The van der Waals surface area contributed by atoms with Gasteiger partial charge in [-0.15, -0.1) is 0 Å². The monoisotopic (exact) mass is 497 g/mol. The number of halogens is 3. The largest absolute Gasteiger partial charge is 0.471 e. The molecule has 2 saturated heterocycles. The van der Waals surface area contributed by atoms with Crippen molar-refractivity contribution in [2.45, 2.75) is 25.1 Å². The SMILES string of the molecule is CN(CCC1COCCN1C(=O)C1CCNC1=O)C(=O)c1ccc(C(=N)NC(=O)C(F)(F)F)cc1. The lowest BCUT2D eigenvalue weighted by Gasteiger charge is -2.37. The summed E-state index contributed by atoms with van der Waals surface area (Å²) >= 11 is 0. The molecule has 0 aliphatic carbocycles. The first kappa shape index (κ1) is 26.1. The minimum atomic E-state index is -5.11. The average molecular weight is 497 g/mol. The highest BCUT2D eigenvalue weighted by Gasteiger charge is 2.39. The van der Waals surface area contributed by atoms with E-state index < -0.39 is 23.8 Å². The van der Waals surface area contributed by atoms with Crippen LogP contribution in [-0.2, 0) is 19.1 Å². The van der Waals surface area contributed by atoms with Crippen molar-refractivity contribution >= 4 is 29.5 Å². The average Bonchev–Trinajstić information content (AvgIpc) is 3.27. The molecule has 0 spiro atoms. The summed E-state index contributed by atoms with van der Waals surface area (Å²) in [4.78, 5) is 51.6. The van der Waals surface area contributed by atoms with E-state index in [-0.39, 0.29) is 41.4 Å². The van der Waals surface area contributed by atoms with Gasteiger partial charge < -0.3 is 25.2 Å². The van der Waals surface area contributed by atoms with Crippen LogP contribution in [0.25, 0.3) is 0 Å². The Labute approximate surface area is 199 Å². The molecule has 13 heteroatoms. The van der Waals surface area contributed by atoms with E-state index in [0.717, 1.165) is 0 Å². The van der Waals surface area contributed by atoms with Crippen LogP contribution < -0.4 is 10.6 Å². The maximum Gasteiger partial charge on any atom is 0.471 e. The number of ether oxygens (including phenoxy) is 1. The molecule has 2 fully saturated rings. The predicted molar refractivity (Wildman–Crippen MR) is 116 cm³/mol. The predicted octanol–water partition coefficient (Wildman–Crippen LogP) is 0.516. The third-order valence-electron chi connectivity index (χ3n) is 5.92. The van der Waals surface area contributed by atoms with Crippen molar-refractivity contribution in [1.82, 2.24) is 20.4 Å². The lowest BCUT2D eigenvalue weighted by molar-refractivity contribution is -0.171. The highest BCUT2D eigenvalue weighted by atomic mass is 19.4. The Morgan fingerprint density at radius 1 is 1.23 bits per heavy atom. The molecule has 2 unspecified atom stereocenters. The smallest absolute Gasteiger partial charge is 0.377 e. The van der Waals surface area contributed by atoms with Gasteiger partial charge in [0.1, 0.15) is 11.8 Å². The van der Waals surface area contributed by atoms with Gasteiger partial charge in [-0.2, -0.15) is 13.2 Å². The van der Waals surface area contributed by atoms with Gasteiger partial charge in [0, 0.05) is 37.8 Å². The number of alkyl halides is 3. The van der Waals surface area contributed by atoms with E-state index in [1.807, 2.05) is 0 Å². The fourth-order valence-corrected chi connectivity index (χ4v) is 3.91. The molecule has 1 aromatic rings. The zero-order valence-electron chi connectivity index (χ0n) is 19.0. The molecule has 190 valence electrons. The molecule has 35 heavy (non-hydrogen) atoms. The van der Waals surface area contributed by atoms with Crippen LogP contribution in [0.4, 0.5) is 13.2 Å². The van der Waals surface area contributed by atoms with Crippen LogP contribution in [0.15, 0.2) is 24.3 Å². The molecule has 2 atom stereocenters. The summed E-state index contributed by atoms with van der Waals surface area (Å²) in [6.07, 6.45) is -4.24. The number of hydrogen-bond acceptors (Lipinski definition) is 6. The zero-order valence-corrected chi connectivity index (χ0v) is 19.0. The lowest BCUT2D eigenvalue weighted by Crippen LogP contribution is -2.52. The summed E-state index contributed by atoms with van der Waals surface area (Å²) in [7, 11) is 1.57. The quantitative estimate of drug-likeness (QED) is 0.300. The number of amidine groups is 1. The van der Waals surface area contributed by atoms with E-state index in [9.17, 15) is 32.3 Å². The highest BCUT2D eigenvalue weighted by molar-refractivity contribution is 6.08. The Kier molecular flexibility index (Phi) is 8.10. The number of nitrogens with one attached hydrogen (secondary N) is 3. The van der Waals surface area contributed by atoms with Crippen molar-refractivity contribution < 1.29 is 37.1 Å². The number of nitrogens with zero attached hydrogens (tertiary/aromatic N) is 2. The molecular weight excluding hydrogens is 471 g/mol. The van der Waals surface area contributed by atoms with Crippen molar-refractivity contribution in [3.63, 3.8) is 0 Å². The van der Waals surface area contributed by atoms with Crippen LogP contribution in [0.3, 0.4) is 0 Å². The Morgan fingerprint density at radius 3 is 2.49 bits per heavy atom. The molecule has 0 saturated carbocycles. The molecule has 3 rings (SSSR count). The molecule has 0 aromatic heterocycles. The van der Waals surface area contributed by atoms with Crippen molar-refractivity contribution in [3.05, 3.63) is 35.4 Å². The van der Waals surface area contributed by atoms with Crippen LogP contribution >= 0.6 is 0 Å². The van der Waals surface area contributed by atoms with Crippen molar-refractivity contribution in [1.29, 1.82) is 5.41 Å².